The summed E-state index contributed by atoms with van der Waals surface area (Å²) in [4.78, 5) is 40.2. The summed E-state index contributed by atoms with van der Waals surface area (Å²) in [7, 11) is 1.49. The molecule has 2 amide bonds. The Kier molecular flexibility index (Phi) is 8.38. The Morgan fingerprint density at radius 1 is 1.24 bits per heavy atom. The summed E-state index contributed by atoms with van der Waals surface area (Å²) in [6.07, 6.45) is 4.84. The number of carbonyl (C=O) groups is 2. The molecular weight excluding hydrogens is 448 g/mol. The van der Waals surface area contributed by atoms with E-state index >= 15 is 0 Å². The van der Waals surface area contributed by atoms with Crippen molar-refractivity contribution in [3.63, 3.8) is 0 Å². The molecule has 0 aliphatic carbocycles. The maximum absolute atomic E-state index is 13.8. The van der Waals surface area contributed by atoms with Crippen molar-refractivity contribution in [3.8, 4) is 5.75 Å². The molecule has 0 bridgehead atoms. The minimum Gasteiger partial charge on any atom is -0.503 e. The molecule has 2 N–H and O–H groups in total. The number of fused-ring (bicyclic) bond motifs is 1. The van der Waals surface area contributed by atoms with E-state index in [1.54, 1.807) is 0 Å². The van der Waals surface area contributed by atoms with E-state index in [0.717, 1.165) is 31.7 Å². The van der Waals surface area contributed by atoms with Gasteiger partial charge >= 0.3 is 0 Å². The lowest BCUT2D eigenvalue weighted by Gasteiger charge is -2.28. The number of hydrogen-bond acceptors (Lipinski definition) is 5. The third-order valence-electron chi connectivity index (χ3n) is 5.91. The number of nitrogens with one attached hydrogen (secondary N) is 1. The molecule has 2 heterocycles. The maximum Gasteiger partial charge on any atom is 0.276 e. The molecule has 1 atom stereocenters. The zero-order valence-corrected chi connectivity index (χ0v) is 19.3. The molecule has 184 valence electrons. The first kappa shape index (κ1) is 25.4. The monoisotopic (exact) mass is 477 g/mol. The molecule has 0 saturated heterocycles. The van der Waals surface area contributed by atoms with Crippen LogP contribution in [0.25, 0.3) is 0 Å². The molecule has 1 aromatic heterocycles. The van der Waals surface area contributed by atoms with Crippen LogP contribution in [-0.2, 0) is 17.8 Å². The maximum atomic E-state index is 13.8. The summed E-state index contributed by atoms with van der Waals surface area (Å²) < 4.78 is 33.8. The number of aromatic hydroxyl groups is 1. The number of hydrogen-bond donors (Lipinski definition) is 2. The Morgan fingerprint density at radius 2 is 2.00 bits per heavy atom. The van der Waals surface area contributed by atoms with Crippen LogP contribution in [0.1, 0.15) is 65.4 Å². The minimum atomic E-state index is -1.00. The van der Waals surface area contributed by atoms with Crippen molar-refractivity contribution in [3.05, 3.63) is 63.1 Å². The van der Waals surface area contributed by atoms with Crippen molar-refractivity contribution < 1.29 is 28.2 Å². The number of amides is 2. The Bertz CT molecular complexity index is 1120. The average Bonchev–Trinajstić information content (AvgIpc) is 2.94. The molecule has 1 aromatic carbocycles. The number of ether oxygens (including phenoxy) is 1. The molecule has 0 fully saturated rings. The second-order valence-electron chi connectivity index (χ2n) is 8.22. The molecule has 0 spiro atoms. The Labute approximate surface area is 196 Å². The van der Waals surface area contributed by atoms with Gasteiger partial charge in [0.2, 0.25) is 5.43 Å². The number of pyridine rings is 1. The summed E-state index contributed by atoms with van der Waals surface area (Å²) in [6.45, 7) is 2.44. The van der Waals surface area contributed by atoms with E-state index in [-0.39, 0.29) is 29.9 Å². The van der Waals surface area contributed by atoms with Gasteiger partial charge in [-0.3, -0.25) is 14.4 Å². The van der Waals surface area contributed by atoms with Crippen LogP contribution in [0, 0.1) is 11.6 Å². The fraction of sp³-hybridized carbons (Fsp3) is 0.458. The van der Waals surface area contributed by atoms with Crippen LogP contribution in [0.5, 0.6) is 5.75 Å². The van der Waals surface area contributed by atoms with Crippen LogP contribution in [0.2, 0.25) is 0 Å². The molecule has 8 nitrogen and oxygen atoms in total. The number of benzene rings is 1. The molecule has 0 saturated carbocycles. The highest BCUT2D eigenvalue weighted by molar-refractivity contribution is 5.98. The zero-order valence-electron chi connectivity index (χ0n) is 19.3. The number of halogens is 2. The highest BCUT2D eigenvalue weighted by Gasteiger charge is 2.33. The molecule has 0 radical (unpaired) electrons. The predicted octanol–water partition coefficient (Wildman–Crippen LogP) is 3.16. The van der Waals surface area contributed by atoms with E-state index in [4.69, 9.17) is 4.74 Å². The van der Waals surface area contributed by atoms with Crippen LogP contribution in [0.4, 0.5) is 8.78 Å². The minimum absolute atomic E-state index is 0.0330. The quantitative estimate of drug-likeness (QED) is 0.541. The number of nitrogens with zero attached hydrogens (tertiary/aromatic N) is 2. The van der Waals surface area contributed by atoms with Crippen LogP contribution in [0.15, 0.2) is 29.2 Å². The smallest absolute Gasteiger partial charge is 0.276 e. The van der Waals surface area contributed by atoms with E-state index in [0.29, 0.717) is 19.0 Å². The molecule has 3 rings (SSSR count). The summed E-state index contributed by atoms with van der Waals surface area (Å²) in [6, 6.07) is 2.93. The lowest BCUT2D eigenvalue weighted by Crippen LogP contribution is -2.41. The van der Waals surface area contributed by atoms with E-state index in [1.165, 1.54) is 28.8 Å². The van der Waals surface area contributed by atoms with Crippen molar-refractivity contribution in [1.29, 1.82) is 0 Å². The lowest BCUT2D eigenvalue weighted by atomic mass is 10.1. The molecule has 34 heavy (non-hydrogen) atoms. The Morgan fingerprint density at radius 3 is 2.68 bits per heavy atom. The summed E-state index contributed by atoms with van der Waals surface area (Å²) in [5.74, 6) is -3.80. The van der Waals surface area contributed by atoms with Gasteiger partial charge in [-0.25, -0.2) is 8.78 Å². The van der Waals surface area contributed by atoms with E-state index in [1.807, 2.05) is 0 Å². The van der Waals surface area contributed by atoms with Gasteiger partial charge < -0.3 is 24.6 Å². The van der Waals surface area contributed by atoms with Crippen LogP contribution in [-0.4, -0.2) is 46.3 Å². The van der Waals surface area contributed by atoms with Gasteiger partial charge in [-0.15, -0.1) is 0 Å². The summed E-state index contributed by atoms with van der Waals surface area (Å²) in [5, 5.41) is 13.0. The summed E-state index contributed by atoms with van der Waals surface area (Å²) >= 11 is 0. The molecule has 2 aromatic rings. The number of rotatable bonds is 9. The molecule has 1 aliphatic heterocycles. The van der Waals surface area contributed by atoms with Crippen molar-refractivity contribution in [2.75, 3.05) is 13.7 Å². The summed E-state index contributed by atoms with van der Waals surface area (Å²) in [5.41, 5.74) is -1.55. The van der Waals surface area contributed by atoms with Gasteiger partial charge in [0.15, 0.2) is 11.4 Å². The van der Waals surface area contributed by atoms with Crippen LogP contribution < -0.4 is 10.7 Å². The van der Waals surface area contributed by atoms with Crippen molar-refractivity contribution in [2.45, 2.75) is 58.3 Å². The number of aryl methyl sites for hydroxylation is 1. The SMILES string of the molecule is CCCCCCN1C(=O)c2c(O)c(=O)c(C(=O)NCc3ccc(F)cc3F)cn2CCC1OC. The first-order valence-electron chi connectivity index (χ1n) is 11.3. The lowest BCUT2D eigenvalue weighted by molar-refractivity contribution is -0.0240. The van der Waals surface area contributed by atoms with Gasteiger partial charge in [0.05, 0.1) is 0 Å². The van der Waals surface area contributed by atoms with E-state index < -0.39 is 40.9 Å². The highest BCUT2D eigenvalue weighted by atomic mass is 19.1. The third-order valence-corrected chi connectivity index (χ3v) is 5.91. The fourth-order valence-electron chi connectivity index (χ4n) is 4.02. The second kappa shape index (κ2) is 11.2. The van der Waals surface area contributed by atoms with Gasteiger partial charge in [0, 0.05) is 51.0 Å². The Hall–Kier alpha value is -3.27. The first-order chi connectivity index (χ1) is 16.3. The van der Waals surface area contributed by atoms with Crippen LogP contribution in [0.3, 0.4) is 0 Å². The van der Waals surface area contributed by atoms with Gasteiger partial charge in [-0.1, -0.05) is 32.3 Å². The number of unbranched alkanes of at least 4 members (excludes halogenated alkanes) is 3. The number of carbonyl (C=O) groups excluding carboxylic acids is 2. The van der Waals surface area contributed by atoms with Gasteiger partial charge in [0.1, 0.15) is 23.4 Å². The largest absolute Gasteiger partial charge is 0.503 e. The third kappa shape index (κ3) is 5.44. The predicted molar refractivity (Wildman–Crippen MR) is 120 cm³/mol. The molecule has 10 heteroatoms. The molecule has 1 aliphatic rings. The highest BCUT2D eigenvalue weighted by Crippen LogP contribution is 2.24. The average molecular weight is 478 g/mol. The first-order valence-corrected chi connectivity index (χ1v) is 11.3. The van der Waals surface area contributed by atoms with Crippen molar-refractivity contribution in [1.82, 2.24) is 14.8 Å². The second-order valence-corrected chi connectivity index (χ2v) is 8.22. The topological polar surface area (TPSA) is 101 Å². The van der Waals surface area contributed by atoms with Gasteiger partial charge in [-0.05, 0) is 12.5 Å². The normalized spacial score (nSPS) is 15.7. The van der Waals surface area contributed by atoms with Crippen molar-refractivity contribution in [2.24, 2.45) is 0 Å². The molecular formula is C24H29F2N3O5. The van der Waals surface area contributed by atoms with E-state index in [2.05, 4.69) is 12.2 Å². The molecule has 1 unspecified atom stereocenters. The van der Waals surface area contributed by atoms with E-state index in [9.17, 15) is 28.3 Å². The standard InChI is InChI=1S/C24H29F2N3O5/c1-3-4-5-6-10-29-19(34-2)9-11-28-14-17(21(30)22(31)20(28)24(29)33)23(32)27-13-15-7-8-16(25)12-18(15)26/h7-8,12,14,19,31H,3-6,9-11,13H2,1-2H3,(H,27,32). The van der Waals surface area contributed by atoms with Gasteiger partial charge in [0.25, 0.3) is 11.8 Å². The number of methoxy groups -OCH3 is 1. The number of aromatic nitrogens is 1. The fourth-order valence-corrected chi connectivity index (χ4v) is 4.02. The van der Waals surface area contributed by atoms with Gasteiger partial charge in [-0.2, -0.15) is 0 Å². The van der Waals surface area contributed by atoms with Crippen LogP contribution >= 0.6 is 0 Å². The Balaban J connectivity index is 1.85. The van der Waals surface area contributed by atoms with Crippen molar-refractivity contribution >= 4 is 11.8 Å². The zero-order chi connectivity index (χ0) is 24.8.